The first-order valence-electron chi connectivity index (χ1n) is 10.2. The van der Waals surface area contributed by atoms with Gasteiger partial charge in [0, 0.05) is 51.0 Å². The van der Waals surface area contributed by atoms with Gasteiger partial charge in [0.15, 0.2) is 5.82 Å². The molecule has 3 aromatic rings. The minimum Gasteiger partial charge on any atom is -0.371 e. The molecule has 2 heterocycles. The van der Waals surface area contributed by atoms with Crippen LogP contribution in [0, 0.1) is 5.82 Å². The summed E-state index contributed by atoms with van der Waals surface area (Å²) in [6, 6.07) is 10.6. The molecule has 2 aromatic carbocycles. The Bertz CT molecular complexity index is 1240. The van der Waals surface area contributed by atoms with Gasteiger partial charge in [-0.3, -0.25) is 4.79 Å². The van der Waals surface area contributed by atoms with Crippen molar-refractivity contribution >= 4 is 27.3 Å². The molecule has 1 N–H and O–H groups in total. The lowest BCUT2D eigenvalue weighted by molar-refractivity contribution is 0.102. The predicted molar refractivity (Wildman–Crippen MR) is 120 cm³/mol. The average molecular weight is 458 g/mol. The maximum atomic E-state index is 14.6. The number of carbonyl (C=O) groups is 1. The third-order valence-electron chi connectivity index (χ3n) is 5.39. The number of rotatable bonds is 6. The van der Waals surface area contributed by atoms with Gasteiger partial charge in [0.05, 0.1) is 10.5 Å². The summed E-state index contributed by atoms with van der Waals surface area (Å²) in [7, 11) is -0.843. The second kappa shape index (κ2) is 8.71. The van der Waals surface area contributed by atoms with Crippen molar-refractivity contribution in [3.05, 3.63) is 66.2 Å². The lowest BCUT2D eigenvalue weighted by Gasteiger charge is -2.22. The fourth-order valence-corrected chi connectivity index (χ4v) is 4.61. The van der Waals surface area contributed by atoms with Crippen LogP contribution >= 0.6 is 0 Å². The first kappa shape index (κ1) is 22.0. The van der Waals surface area contributed by atoms with Gasteiger partial charge in [0.1, 0.15) is 5.69 Å². The van der Waals surface area contributed by atoms with Gasteiger partial charge < -0.3 is 10.2 Å². The van der Waals surface area contributed by atoms with Gasteiger partial charge >= 0.3 is 0 Å². The van der Waals surface area contributed by atoms with Gasteiger partial charge in [0.2, 0.25) is 10.0 Å². The highest BCUT2D eigenvalue weighted by molar-refractivity contribution is 7.89. The van der Waals surface area contributed by atoms with E-state index in [1.54, 1.807) is 30.6 Å². The molecule has 1 aliphatic heterocycles. The molecular formula is C22H24FN5O3S. The van der Waals surface area contributed by atoms with Crippen LogP contribution in [0.25, 0.3) is 5.69 Å². The summed E-state index contributed by atoms with van der Waals surface area (Å²) in [5.41, 5.74) is 1.40. The van der Waals surface area contributed by atoms with Gasteiger partial charge in [-0.15, -0.1) is 0 Å². The van der Waals surface area contributed by atoms with E-state index in [4.69, 9.17) is 0 Å². The summed E-state index contributed by atoms with van der Waals surface area (Å²) in [4.78, 5) is 15.3. The van der Waals surface area contributed by atoms with Crippen molar-refractivity contribution in [2.75, 3.05) is 37.4 Å². The van der Waals surface area contributed by atoms with Crippen molar-refractivity contribution in [1.82, 2.24) is 14.1 Å². The van der Waals surface area contributed by atoms with Crippen molar-refractivity contribution in [3.63, 3.8) is 0 Å². The molecule has 4 rings (SSSR count). The lowest BCUT2D eigenvalue weighted by Crippen LogP contribution is -2.25. The number of aromatic nitrogens is 2. The lowest BCUT2D eigenvalue weighted by atomic mass is 10.1. The van der Waals surface area contributed by atoms with Crippen LogP contribution in [-0.4, -0.2) is 55.6 Å². The number of nitrogens with zero attached hydrogens (tertiary/aromatic N) is 4. The van der Waals surface area contributed by atoms with E-state index in [1.165, 1.54) is 43.0 Å². The minimum absolute atomic E-state index is 0.0239. The Morgan fingerprint density at radius 2 is 1.81 bits per heavy atom. The topological polar surface area (TPSA) is 87.5 Å². The number of hydrogen-bond donors (Lipinski definition) is 1. The number of anilines is 2. The Morgan fingerprint density at radius 3 is 2.44 bits per heavy atom. The molecule has 0 atom stereocenters. The zero-order valence-electron chi connectivity index (χ0n) is 17.8. The molecule has 0 saturated carbocycles. The van der Waals surface area contributed by atoms with E-state index in [-0.39, 0.29) is 21.8 Å². The van der Waals surface area contributed by atoms with E-state index in [2.05, 4.69) is 15.3 Å². The molecule has 0 aliphatic carbocycles. The smallest absolute Gasteiger partial charge is 0.257 e. The van der Waals surface area contributed by atoms with Crippen LogP contribution in [0.4, 0.5) is 15.8 Å². The Morgan fingerprint density at radius 1 is 1.09 bits per heavy atom. The molecule has 0 radical (unpaired) electrons. The molecule has 0 spiro atoms. The third kappa shape index (κ3) is 4.23. The van der Waals surface area contributed by atoms with Crippen molar-refractivity contribution in [2.24, 2.45) is 0 Å². The van der Waals surface area contributed by atoms with Gasteiger partial charge in [-0.25, -0.2) is 21.8 Å². The largest absolute Gasteiger partial charge is 0.371 e. The summed E-state index contributed by atoms with van der Waals surface area (Å²) in [5, 5.41) is 6.71. The number of halogens is 1. The zero-order chi connectivity index (χ0) is 22.9. The number of hydrogen-bond acceptors (Lipinski definition) is 5. The third-order valence-corrected chi connectivity index (χ3v) is 7.21. The van der Waals surface area contributed by atoms with Crippen molar-refractivity contribution < 1.29 is 17.6 Å². The fourth-order valence-electron chi connectivity index (χ4n) is 3.68. The van der Waals surface area contributed by atoms with Crippen molar-refractivity contribution in [1.29, 1.82) is 0 Å². The van der Waals surface area contributed by atoms with Crippen LogP contribution in [0.15, 0.2) is 59.8 Å². The van der Waals surface area contributed by atoms with Crippen molar-refractivity contribution in [3.8, 4) is 5.69 Å². The Balaban J connectivity index is 1.68. The van der Waals surface area contributed by atoms with Crippen LogP contribution in [0.5, 0.6) is 0 Å². The van der Waals surface area contributed by atoms with E-state index in [0.717, 1.165) is 30.2 Å². The standard InChI is InChI=1S/C22H24FN5O3S/c1-26(2)32(30,31)17-7-9-20(27-11-3-4-12-27)18(15-17)22(29)25-16-6-8-21(19(23)14-16)28-13-5-10-24-28/h5-10,13-15H,3-4,11-12H2,1-2H3,(H,25,29). The van der Waals surface area contributed by atoms with Gasteiger partial charge in [-0.2, -0.15) is 5.10 Å². The summed E-state index contributed by atoms with van der Waals surface area (Å²) in [5.74, 6) is -1.05. The van der Waals surface area contributed by atoms with Crippen molar-refractivity contribution in [2.45, 2.75) is 17.7 Å². The first-order chi connectivity index (χ1) is 15.3. The molecule has 0 unspecified atom stereocenters. The van der Waals surface area contributed by atoms with Crippen LogP contribution in [-0.2, 0) is 10.0 Å². The molecule has 1 saturated heterocycles. The van der Waals surface area contributed by atoms with E-state index >= 15 is 0 Å². The number of carbonyl (C=O) groups excluding carboxylic acids is 1. The highest BCUT2D eigenvalue weighted by atomic mass is 32.2. The summed E-state index contributed by atoms with van der Waals surface area (Å²) in [6.07, 6.45) is 5.16. The Kier molecular flexibility index (Phi) is 5.98. The quantitative estimate of drug-likeness (QED) is 0.615. The van der Waals surface area contributed by atoms with Crippen LogP contribution in [0.2, 0.25) is 0 Å². The molecule has 1 fully saturated rings. The molecule has 1 aromatic heterocycles. The van der Waals surface area contributed by atoms with Gasteiger partial charge in [-0.05, 0) is 55.3 Å². The highest BCUT2D eigenvalue weighted by Crippen LogP contribution is 2.29. The number of amides is 1. The van der Waals surface area contributed by atoms with E-state index in [1.807, 2.05) is 0 Å². The SMILES string of the molecule is CN(C)S(=O)(=O)c1ccc(N2CCCC2)c(C(=O)Nc2ccc(-n3cccn3)c(F)c2)c1. The first-order valence-corrected chi connectivity index (χ1v) is 11.6. The molecule has 32 heavy (non-hydrogen) atoms. The minimum atomic E-state index is -3.72. The second-order valence-corrected chi connectivity index (χ2v) is 9.88. The molecule has 1 amide bonds. The summed E-state index contributed by atoms with van der Waals surface area (Å²) in [6.45, 7) is 1.57. The molecular weight excluding hydrogens is 433 g/mol. The highest BCUT2D eigenvalue weighted by Gasteiger charge is 2.25. The van der Waals surface area contributed by atoms with Gasteiger partial charge in [0.25, 0.3) is 5.91 Å². The van der Waals surface area contributed by atoms with E-state index in [0.29, 0.717) is 5.69 Å². The fraction of sp³-hybridized carbons (Fsp3) is 0.273. The molecule has 0 bridgehead atoms. The molecule has 1 aliphatic rings. The maximum absolute atomic E-state index is 14.6. The molecule has 10 heteroatoms. The van der Waals surface area contributed by atoms with Crippen LogP contribution in [0.1, 0.15) is 23.2 Å². The Labute approximate surface area is 186 Å². The normalized spacial score (nSPS) is 14.2. The number of nitrogens with one attached hydrogen (secondary N) is 1. The predicted octanol–water partition coefficient (Wildman–Crippen LogP) is 3.11. The van der Waals surface area contributed by atoms with Gasteiger partial charge in [-0.1, -0.05) is 0 Å². The average Bonchev–Trinajstić information content (AvgIpc) is 3.47. The second-order valence-electron chi connectivity index (χ2n) is 7.73. The zero-order valence-corrected chi connectivity index (χ0v) is 18.6. The molecule has 168 valence electrons. The number of sulfonamides is 1. The van der Waals surface area contributed by atoms with Crippen LogP contribution in [0.3, 0.4) is 0 Å². The monoisotopic (exact) mass is 457 g/mol. The summed E-state index contributed by atoms with van der Waals surface area (Å²) >= 11 is 0. The van der Waals surface area contributed by atoms with E-state index in [9.17, 15) is 17.6 Å². The number of benzene rings is 2. The molecule has 8 nitrogen and oxygen atoms in total. The summed E-state index contributed by atoms with van der Waals surface area (Å²) < 4.78 is 42.3. The maximum Gasteiger partial charge on any atom is 0.257 e. The Hall–Kier alpha value is -3.24. The van der Waals surface area contributed by atoms with Crippen LogP contribution < -0.4 is 10.2 Å². The van der Waals surface area contributed by atoms with E-state index < -0.39 is 21.7 Å².